The number of nitrogens with one attached hydrogen (secondary N) is 1. The molecule has 146 valence electrons. The first kappa shape index (κ1) is 19.6. The van der Waals surface area contributed by atoms with E-state index in [1.807, 2.05) is 26.0 Å². The molecule has 6 nitrogen and oxygen atoms in total. The van der Waals surface area contributed by atoms with Crippen LogP contribution >= 0.6 is 0 Å². The molecule has 1 amide bonds. The molecule has 0 bridgehead atoms. The van der Waals surface area contributed by atoms with Gasteiger partial charge in [0.2, 0.25) is 11.5 Å². The summed E-state index contributed by atoms with van der Waals surface area (Å²) in [6.45, 7) is 8.12. The number of carbonyl (C=O) groups excluding carboxylic acids is 2. The molecule has 0 aliphatic rings. The number of benzene rings is 1. The monoisotopic (exact) mass is 380 g/mol. The molecule has 0 radical (unpaired) electrons. The van der Waals surface area contributed by atoms with Crippen molar-refractivity contribution in [1.29, 1.82) is 0 Å². The lowest BCUT2D eigenvalue weighted by Gasteiger charge is -2.08. The molecular weight excluding hydrogens is 356 g/mol. The molecule has 0 spiro atoms. The molecule has 1 N–H and O–H groups in total. The fourth-order valence-corrected chi connectivity index (χ4v) is 2.93. The number of carbonyl (C=O) groups is 2. The number of pyridine rings is 1. The lowest BCUT2D eigenvalue weighted by atomic mass is 10.1. The molecule has 0 aliphatic carbocycles. The number of hydrogen-bond acceptors (Lipinski definition) is 5. The maximum Gasteiger partial charge on any atom is 0.376 e. The summed E-state index contributed by atoms with van der Waals surface area (Å²) in [5, 5.41) is 3.42. The van der Waals surface area contributed by atoms with Crippen molar-refractivity contribution < 1.29 is 18.7 Å². The Kier molecular flexibility index (Phi) is 5.78. The summed E-state index contributed by atoms with van der Waals surface area (Å²) in [6.07, 6.45) is 0.744. The van der Waals surface area contributed by atoms with Gasteiger partial charge >= 0.3 is 5.97 Å². The van der Waals surface area contributed by atoms with Crippen LogP contribution in [0.2, 0.25) is 0 Å². The second-order valence-corrected chi connectivity index (χ2v) is 7.21. The Hall–Kier alpha value is -3.15. The van der Waals surface area contributed by atoms with Crippen molar-refractivity contribution in [2.75, 3.05) is 11.9 Å². The predicted octanol–water partition coefficient (Wildman–Crippen LogP) is 4.90. The zero-order chi connectivity index (χ0) is 20.3. The molecule has 0 atom stereocenters. The molecular formula is C22H24N2O4. The van der Waals surface area contributed by atoms with Crippen molar-refractivity contribution >= 4 is 28.7 Å². The third-order valence-electron chi connectivity index (χ3n) is 4.38. The first-order valence-corrected chi connectivity index (χ1v) is 9.31. The standard InChI is InChI=1S/C22H24N2O4/c1-13(2)10-11-27-22(26)19-18(24-20(25)16-8-6-5-7-9-16)17-14(3)12-15(4)23-21(17)28-19/h5-9,12-13H,10-11H2,1-4H3,(H,24,25). The predicted molar refractivity (Wildman–Crippen MR) is 108 cm³/mol. The van der Waals surface area contributed by atoms with E-state index in [1.54, 1.807) is 24.3 Å². The molecule has 3 rings (SSSR count). The van der Waals surface area contributed by atoms with E-state index in [2.05, 4.69) is 24.1 Å². The van der Waals surface area contributed by atoms with Crippen LogP contribution in [0.4, 0.5) is 5.69 Å². The Morgan fingerprint density at radius 3 is 2.57 bits per heavy atom. The Morgan fingerprint density at radius 1 is 1.18 bits per heavy atom. The van der Waals surface area contributed by atoms with Crippen LogP contribution in [0.15, 0.2) is 40.8 Å². The summed E-state index contributed by atoms with van der Waals surface area (Å²) < 4.78 is 11.1. The molecule has 0 unspecified atom stereocenters. The van der Waals surface area contributed by atoms with Crippen LogP contribution in [0.1, 0.15) is 52.4 Å². The normalized spacial score (nSPS) is 11.0. The number of rotatable bonds is 6. The van der Waals surface area contributed by atoms with E-state index in [4.69, 9.17) is 9.15 Å². The molecule has 0 saturated heterocycles. The van der Waals surface area contributed by atoms with Crippen molar-refractivity contribution in [3.8, 4) is 0 Å². The number of hydrogen-bond donors (Lipinski definition) is 1. The van der Waals surface area contributed by atoms with Gasteiger partial charge in [-0.1, -0.05) is 32.0 Å². The van der Waals surface area contributed by atoms with Gasteiger partial charge in [-0.25, -0.2) is 9.78 Å². The maximum atomic E-state index is 12.7. The van der Waals surface area contributed by atoms with Crippen LogP contribution in [-0.4, -0.2) is 23.5 Å². The highest BCUT2D eigenvalue weighted by atomic mass is 16.5. The zero-order valence-electron chi connectivity index (χ0n) is 16.5. The van der Waals surface area contributed by atoms with Crippen LogP contribution in [0, 0.1) is 19.8 Å². The molecule has 0 saturated carbocycles. The van der Waals surface area contributed by atoms with Crippen molar-refractivity contribution in [3.63, 3.8) is 0 Å². The minimum Gasteiger partial charge on any atom is -0.460 e. The zero-order valence-corrected chi connectivity index (χ0v) is 16.5. The fourth-order valence-electron chi connectivity index (χ4n) is 2.93. The molecule has 0 aliphatic heterocycles. The van der Waals surface area contributed by atoms with Crippen molar-refractivity contribution in [2.24, 2.45) is 5.92 Å². The average molecular weight is 380 g/mol. The summed E-state index contributed by atoms with van der Waals surface area (Å²) in [5.41, 5.74) is 2.70. The van der Waals surface area contributed by atoms with E-state index in [0.717, 1.165) is 17.7 Å². The quantitative estimate of drug-likeness (QED) is 0.615. The number of aryl methyl sites for hydroxylation is 2. The molecule has 0 fully saturated rings. The molecule has 2 aromatic heterocycles. The van der Waals surface area contributed by atoms with Crippen LogP contribution in [0.3, 0.4) is 0 Å². The van der Waals surface area contributed by atoms with Gasteiger partial charge in [0.25, 0.3) is 5.91 Å². The van der Waals surface area contributed by atoms with Gasteiger partial charge < -0.3 is 14.5 Å². The van der Waals surface area contributed by atoms with Gasteiger partial charge in [0.05, 0.1) is 12.0 Å². The largest absolute Gasteiger partial charge is 0.460 e. The first-order valence-electron chi connectivity index (χ1n) is 9.31. The second-order valence-electron chi connectivity index (χ2n) is 7.21. The highest BCUT2D eigenvalue weighted by molar-refractivity contribution is 6.13. The van der Waals surface area contributed by atoms with Gasteiger partial charge in [-0.2, -0.15) is 0 Å². The number of esters is 1. The Morgan fingerprint density at radius 2 is 1.89 bits per heavy atom. The molecule has 2 heterocycles. The van der Waals surface area contributed by atoms with E-state index in [1.165, 1.54) is 0 Å². The summed E-state index contributed by atoms with van der Waals surface area (Å²) >= 11 is 0. The third kappa shape index (κ3) is 4.22. The van der Waals surface area contributed by atoms with E-state index < -0.39 is 5.97 Å². The van der Waals surface area contributed by atoms with Crippen molar-refractivity contribution in [2.45, 2.75) is 34.1 Å². The highest BCUT2D eigenvalue weighted by Gasteiger charge is 2.26. The fraction of sp³-hybridized carbons (Fsp3) is 0.318. The number of ether oxygens (including phenoxy) is 1. The minimum absolute atomic E-state index is 0.0377. The smallest absolute Gasteiger partial charge is 0.376 e. The lowest BCUT2D eigenvalue weighted by Crippen LogP contribution is -2.15. The second kappa shape index (κ2) is 8.25. The average Bonchev–Trinajstić information content (AvgIpc) is 3.00. The SMILES string of the molecule is Cc1cc(C)c2c(NC(=O)c3ccccc3)c(C(=O)OCCC(C)C)oc2n1. The Bertz CT molecular complexity index is 1010. The van der Waals surface area contributed by atoms with E-state index in [-0.39, 0.29) is 18.3 Å². The van der Waals surface area contributed by atoms with Crippen molar-refractivity contribution in [3.05, 3.63) is 59.0 Å². The topological polar surface area (TPSA) is 81.4 Å². The maximum absolute atomic E-state index is 12.7. The molecule has 1 aromatic carbocycles. The number of fused-ring (bicyclic) bond motifs is 1. The summed E-state index contributed by atoms with van der Waals surface area (Å²) in [6, 6.07) is 10.7. The van der Waals surface area contributed by atoms with Gasteiger partial charge in [-0.05, 0) is 49.9 Å². The summed E-state index contributed by atoms with van der Waals surface area (Å²) in [7, 11) is 0. The number of furan rings is 1. The number of nitrogens with zero attached hydrogens (tertiary/aromatic N) is 1. The van der Waals surface area contributed by atoms with Gasteiger partial charge in [0.15, 0.2) is 0 Å². The van der Waals surface area contributed by atoms with E-state index in [0.29, 0.717) is 28.3 Å². The Balaban J connectivity index is 2.00. The van der Waals surface area contributed by atoms with Crippen LogP contribution < -0.4 is 5.32 Å². The molecule has 6 heteroatoms. The summed E-state index contributed by atoms with van der Waals surface area (Å²) in [5.74, 6) is -0.574. The van der Waals surface area contributed by atoms with Gasteiger partial charge in [-0.15, -0.1) is 0 Å². The molecule has 28 heavy (non-hydrogen) atoms. The van der Waals surface area contributed by atoms with E-state index >= 15 is 0 Å². The lowest BCUT2D eigenvalue weighted by molar-refractivity contribution is 0.0455. The number of anilines is 1. The van der Waals surface area contributed by atoms with Crippen LogP contribution in [0.5, 0.6) is 0 Å². The van der Waals surface area contributed by atoms with Gasteiger partial charge in [0.1, 0.15) is 5.69 Å². The molecule has 3 aromatic rings. The first-order chi connectivity index (χ1) is 13.4. The number of aromatic nitrogens is 1. The van der Waals surface area contributed by atoms with Gasteiger partial charge in [0, 0.05) is 11.3 Å². The third-order valence-corrected chi connectivity index (χ3v) is 4.38. The number of amides is 1. The highest BCUT2D eigenvalue weighted by Crippen LogP contribution is 2.33. The Labute approximate surface area is 163 Å². The van der Waals surface area contributed by atoms with Crippen LogP contribution in [-0.2, 0) is 4.74 Å². The van der Waals surface area contributed by atoms with Gasteiger partial charge in [-0.3, -0.25) is 4.79 Å². The van der Waals surface area contributed by atoms with E-state index in [9.17, 15) is 9.59 Å². The summed E-state index contributed by atoms with van der Waals surface area (Å²) in [4.78, 5) is 29.7. The minimum atomic E-state index is -0.612. The van der Waals surface area contributed by atoms with Crippen LogP contribution in [0.25, 0.3) is 11.1 Å². The van der Waals surface area contributed by atoms with Crippen molar-refractivity contribution in [1.82, 2.24) is 4.98 Å².